The standard InChI is InChI=1S/C16H27BO3/c1-5-7-8-14(6-2)11-20-16-10-12(3)15(17(18)19)9-13(16)4/h9-10,14,18-19H,5-8,11H2,1-4H3. The quantitative estimate of drug-likeness (QED) is 0.718. The third kappa shape index (κ3) is 4.84. The monoisotopic (exact) mass is 278 g/mol. The van der Waals surface area contributed by atoms with Crippen molar-refractivity contribution in [2.24, 2.45) is 5.92 Å². The van der Waals surface area contributed by atoms with Crippen LogP contribution in [0.4, 0.5) is 0 Å². The zero-order valence-electron chi connectivity index (χ0n) is 13.1. The van der Waals surface area contributed by atoms with Gasteiger partial charge >= 0.3 is 7.12 Å². The summed E-state index contributed by atoms with van der Waals surface area (Å²) < 4.78 is 5.94. The van der Waals surface area contributed by atoms with Crippen molar-refractivity contribution in [3.05, 3.63) is 23.3 Å². The lowest BCUT2D eigenvalue weighted by Crippen LogP contribution is -2.32. The number of rotatable bonds is 8. The molecule has 0 aliphatic rings. The van der Waals surface area contributed by atoms with Gasteiger partial charge in [0.15, 0.2) is 0 Å². The van der Waals surface area contributed by atoms with Crippen molar-refractivity contribution in [2.45, 2.75) is 53.4 Å². The summed E-state index contributed by atoms with van der Waals surface area (Å²) in [6.45, 7) is 8.95. The average molecular weight is 278 g/mol. The minimum Gasteiger partial charge on any atom is -0.493 e. The van der Waals surface area contributed by atoms with Crippen LogP contribution in [0.5, 0.6) is 5.75 Å². The Balaban J connectivity index is 2.70. The highest BCUT2D eigenvalue weighted by molar-refractivity contribution is 6.59. The minimum atomic E-state index is -1.42. The summed E-state index contributed by atoms with van der Waals surface area (Å²) in [6, 6.07) is 3.69. The van der Waals surface area contributed by atoms with Gasteiger partial charge in [0.1, 0.15) is 5.75 Å². The zero-order chi connectivity index (χ0) is 15.1. The predicted molar refractivity (Wildman–Crippen MR) is 84.5 cm³/mol. The van der Waals surface area contributed by atoms with E-state index < -0.39 is 7.12 Å². The molecule has 0 saturated heterocycles. The molecule has 0 bridgehead atoms. The van der Waals surface area contributed by atoms with Crippen LogP contribution in [-0.4, -0.2) is 23.8 Å². The fraction of sp³-hybridized carbons (Fsp3) is 0.625. The van der Waals surface area contributed by atoms with Gasteiger partial charge in [-0.15, -0.1) is 0 Å². The highest BCUT2D eigenvalue weighted by atomic mass is 16.5. The predicted octanol–water partition coefficient (Wildman–Crippen LogP) is 2.58. The first-order valence-corrected chi connectivity index (χ1v) is 7.59. The summed E-state index contributed by atoms with van der Waals surface area (Å²) in [7, 11) is -1.42. The van der Waals surface area contributed by atoms with E-state index in [0.29, 0.717) is 11.4 Å². The van der Waals surface area contributed by atoms with E-state index in [0.717, 1.165) is 29.9 Å². The van der Waals surface area contributed by atoms with Crippen molar-refractivity contribution in [1.82, 2.24) is 0 Å². The molecule has 1 rings (SSSR count). The maximum absolute atomic E-state index is 9.29. The van der Waals surface area contributed by atoms with Crippen molar-refractivity contribution in [1.29, 1.82) is 0 Å². The van der Waals surface area contributed by atoms with Crippen LogP contribution in [0.2, 0.25) is 0 Å². The second kappa shape index (κ2) is 8.33. The highest BCUT2D eigenvalue weighted by Gasteiger charge is 2.16. The molecule has 1 aromatic rings. The minimum absolute atomic E-state index is 0.549. The largest absolute Gasteiger partial charge is 0.493 e. The molecule has 0 saturated carbocycles. The maximum atomic E-state index is 9.29. The van der Waals surface area contributed by atoms with Gasteiger partial charge < -0.3 is 14.8 Å². The molecule has 0 spiro atoms. The molecular weight excluding hydrogens is 251 g/mol. The molecule has 0 aliphatic heterocycles. The van der Waals surface area contributed by atoms with Gasteiger partial charge in [-0.1, -0.05) is 39.2 Å². The van der Waals surface area contributed by atoms with Crippen LogP contribution in [0.15, 0.2) is 12.1 Å². The highest BCUT2D eigenvalue weighted by Crippen LogP contribution is 2.21. The smallest absolute Gasteiger partial charge is 0.488 e. The summed E-state index contributed by atoms with van der Waals surface area (Å²) >= 11 is 0. The second-order valence-electron chi connectivity index (χ2n) is 5.58. The maximum Gasteiger partial charge on any atom is 0.488 e. The van der Waals surface area contributed by atoms with Crippen LogP contribution >= 0.6 is 0 Å². The Kier molecular flexibility index (Phi) is 7.10. The third-order valence-electron chi connectivity index (χ3n) is 3.86. The summed E-state index contributed by atoms with van der Waals surface area (Å²) in [6.07, 6.45) is 4.80. The number of ether oxygens (including phenoxy) is 1. The summed E-state index contributed by atoms with van der Waals surface area (Å²) in [5, 5.41) is 18.6. The van der Waals surface area contributed by atoms with Gasteiger partial charge in [-0.2, -0.15) is 0 Å². The van der Waals surface area contributed by atoms with E-state index in [1.165, 1.54) is 19.3 Å². The van der Waals surface area contributed by atoms with Crippen molar-refractivity contribution in [2.75, 3.05) is 6.61 Å². The molecule has 1 unspecified atom stereocenters. The molecule has 0 aromatic heterocycles. The van der Waals surface area contributed by atoms with Gasteiger partial charge in [0.25, 0.3) is 0 Å². The Morgan fingerprint density at radius 2 is 1.85 bits per heavy atom. The van der Waals surface area contributed by atoms with Crippen molar-refractivity contribution >= 4 is 12.6 Å². The van der Waals surface area contributed by atoms with Crippen LogP contribution in [0.3, 0.4) is 0 Å². The fourth-order valence-corrected chi connectivity index (χ4v) is 2.35. The Morgan fingerprint density at radius 3 is 2.40 bits per heavy atom. The first-order chi connectivity index (χ1) is 9.49. The third-order valence-corrected chi connectivity index (χ3v) is 3.86. The lowest BCUT2D eigenvalue weighted by atomic mass is 9.76. The van der Waals surface area contributed by atoms with E-state index in [1.807, 2.05) is 19.9 Å². The Morgan fingerprint density at radius 1 is 1.15 bits per heavy atom. The fourth-order valence-electron chi connectivity index (χ4n) is 2.35. The molecule has 0 aliphatic carbocycles. The zero-order valence-corrected chi connectivity index (χ0v) is 13.1. The summed E-state index contributed by atoms with van der Waals surface area (Å²) in [4.78, 5) is 0. The number of unbranched alkanes of at least 4 members (excludes halogenated alkanes) is 1. The van der Waals surface area contributed by atoms with E-state index >= 15 is 0 Å². The molecule has 0 amide bonds. The Bertz CT molecular complexity index is 418. The van der Waals surface area contributed by atoms with Gasteiger partial charge in [0.2, 0.25) is 0 Å². The SMILES string of the molecule is CCCCC(CC)COc1cc(C)c(B(O)O)cc1C. The molecule has 0 fully saturated rings. The Hall–Kier alpha value is -0.995. The molecule has 3 nitrogen and oxygen atoms in total. The Labute approximate surface area is 123 Å². The molecular formula is C16H27BO3. The lowest BCUT2D eigenvalue weighted by molar-refractivity contribution is 0.232. The van der Waals surface area contributed by atoms with Gasteiger partial charge in [-0.05, 0) is 48.8 Å². The molecule has 0 radical (unpaired) electrons. The van der Waals surface area contributed by atoms with E-state index in [9.17, 15) is 10.0 Å². The lowest BCUT2D eigenvalue weighted by Gasteiger charge is -2.18. The van der Waals surface area contributed by atoms with Crippen LogP contribution in [-0.2, 0) is 0 Å². The average Bonchev–Trinajstić information content (AvgIpc) is 2.41. The number of hydrogen-bond donors (Lipinski definition) is 2. The molecule has 2 N–H and O–H groups in total. The van der Waals surface area contributed by atoms with E-state index in [-0.39, 0.29) is 0 Å². The first-order valence-electron chi connectivity index (χ1n) is 7.59. The topological polar surface area (TPSA) is 49.7 Å². The van der Waals surface area contributed by atoms with Gasteiger partial charge in [-0.25, -0.2) is 0 Å². The van der Waals surface area contributed by atoms with E-state index in [4.69, 9.17) is 4.74 Å². The van der Waals surface area contributed by atoms with Crippen LogP contribution in [0, 0.1) is 19.8 Å². The molecule has 112 valence electrons. The van der Waals surface area contributed by atoms with E-state index in [1.54, 1.807) is 6.07 Å². The van der Waals surface area contributed by atoms with Crippen LogP contribution in [0.25, 0.3) is 0 Å². The first kappa shape index (κ1) is 17.1. The second-order valence-corrected chi connectivity index (χ2v) is 5.58. The molecule has 20 heavy (non-hydrogen) atoms. The van der Waals surface area contributed by atoms with Crippen molar-refractivity contribution in [3.63, 3.8) is 0 Å². The number of benzene rings is 1. The van der Waals surface area contributed by atoms with Crippen LogP contribution < -0.4 is 10.2 Å². The summed E-state index contributed by atoms with van der Waals surface area (Å²) in [5.74, 6) is 1.44. The summed E-state index contributed by atoms with van der Waals surface area (Å²) in [5.41, 5.74) is 2.35. The van der Waals surface area contributed by atoms with Gasteiger partial charge in [0, 0.05) is 0 Å². The van der Waals surface area contributed by atoms with Crippen molar-refractivity contribution < 1.29 is 14.8 Å². The normalized spacial score (nSPS) is 12.3. The van der Waals surface area contributed by atoms with Gasteiger partial charge in [-0.3, -0.25) is 0 Å². The molecule has 4 heteroatoms. The molecule has 1 atom stereocenters. The molecule has 0 heterocycles. The van der Waals surface area contributed by atoms with E-state index in [2.05, 4.69) is 13.8 Å². The van der Waals surface area contributed by atoms with Crippen molar-refractivity contribution in [3.8, 4) is 5.75 Å². The number of aryl methyl sites for hydroxylation is 2. The molecule has 1 aromatic carbocycles. The van der Waals surface area contributed by atoms with Gasteiger partial charge in [0.05, 0.1) is 6.61 Å². The van der Waals surface area contributed by atoms with Crippen LogP contribution in [0.1, 0.15) is 50.7 Å². The number of hydrogen-bond acceptors (Lipinski definition) is 3.